The first-order valence-corrected chi connectivity index (χ1v) is 9.31. The number of benzene rings is 2. The van der Waals surface area contributed by atoms with Crippen LogP contribution < -0.4 is 0 Å². The molecule has 26 heavy (non-hydrogen) atoms. The SMILES string of the molecule is Cc1ccccc1-n1cnnc1SCc1nc(-c2ccccc2)oc1C. The Bertz CT molecular complexity index is 1020. The van der Waals surface area contributed by atoms with E-state index in [4.69, 9.17) is 4.42 Å². The molecule has 0 saturated carbocycles. The predicted octanol–water partition coefficient (Wildman–Crippen LogP) is 4.83. The highest BCUT2D eigenvalue weighted by Gasteiger charge is 2.14. The first-order valence-electron chi connectivity index (χ1n) is 8.33. The Morgan fingerprint density at radius 1 is 1.00 bits per heavy atom. The van der Waals surface area contributed by atoms with Crippen LogP contribution in [0.1, 0.15) is 17.0 Å². The van der Waals surface area contributed by atoms with Gasteiger partial charge in [-0.1, -0.05) is 48.2 Å². The Balaban J connectivity index is 1.55. The van der Waals surface area contributed by atoms with Crippen LogP contribution >= 0.6 is 11.8 Å². The number of oxazole rings is 1. The van der Waals surface area contributed by atoms with Crippen molar-refractivity contribution in [3.05, 3.63) is 77.9 Å². The summed E-state index contributed by atoms with van der Waals surface area (Å²) in [6, 6.07) is 18.1. The van der Waals surface area contributed by atoms with Gasteiger partial charge >= 0.3 is 0 Å². The molecule has 2 aromatic carbocycles. The molecule has 2 heterocycles. The number of aryl methyl sites for hydroxylation is 2. The molecule has 4 rings (SSSR count). The second-order valence-corrected chi connectivity index (χ2v) is 6.89. The number of hydrogen-bond donors (Lipinski definition) is 0. The lowest BCUT2D eigenvalue weighted by molar-refractivity contribution is 0.540. The highest BCUT2D eigenvalue weighted by molar-refractivity contribution is 7.98. The van der Waals surface area contributed by atoms with Gasteiger partial charge in [0.25, 0.3) is 0 Å². The summed E-state index contributed by atoms with van der Waals surface area (Å²) in [6.45, 7) is 4.03. The van der Waals surface area contributed by atoms with Crippen LogP contribution in [-0.4, -0.2) is 19.7 Å². The molecule has 0 radical (unpaired) electrons. The molecule has 0 amide bonds. The van der Waals surface area contributed by atoms with Gasteiger partial charge in [0.2, 0.25) is 5.89 Å². The number of rotatable bonds is 5. The first-order chi connectivity index (χ1) is 12.7. The van der Waals surface area contributed by atoms with E-state index in [2.05, 4.69) is 34.2 Å². The van der Waals surface area contributed by atoms with Crippen molar-refractivity contribution in [1.29, 1.82) is 0 Å². The first kappa shape index (κ1) is 16.6. The molecule has 0 fully saturated rings. The molecule has 0 atom stereocenters. The number of aromatic nitrogens is 4. The zero-order chi connectivity index (χ0) is 17.9. The molecular weight excluding hydrogens is 344 g/mol. The summed E-state index contributed by atoms with van der Waals surface area (Å²) < 4.78 is 7.84. The Morgan fingerprint density at radius 3 is 2.58 bits per heavy atom. The summed E-state index contributed by atoms with van der Waals surface area (Å²) in [7, 11) is 0. The lowest BCUT2D eigenvalue weighted by atomic mass is 10.2. The molecular formula is C20H18N4OS. The normalized spacial score (nSPS) is 11.0. The van der Waals surface area contributed by atoms with Gasteiger partial charge in [0.1, 0.15) is 12.1 Å². The smallest absolute Gasteiger partial charge is 0.226 e. The van der Waals surface area contributed by atoms with Gasteiger partial charge in [-0.15, -0.1) is 10.2 Å². The molecule has 0 bridgehead atoms. The fourth-order valence-corrected chi connectivity index (χ4v) is 3.64. The average molecular weight is 362 g/mol. The van der Waals surface area contributed by atoms with Gasteiger partial charge < -0.3 is 4.42 Å². The summed E-state index contributed by atoms with van der Waals surface area (Å²) in [5.74, 6) is 2.16. The highest BCUT2D eigenvalue weighted by Crippen LogP contribution is 2.28. The van der Waals surface area contributed by atoms with Crippen LogP contribution in [0.5, 0.6) is 0 Å². The monoisotopic (exact) mass is 362 g/mol. The van der Waals surface area contributed by atoms with E-state index in [0.29, 0.717) is 11.6 Å². The van der Waals surface area contributed by atoms with E-state index in [1.807, 2.05) is 54.0 Å². The van der Waals surface area contributed by atoms with Gasteiger partial charge in [-0.25, -0.2) is 4.98 Å². The number of thioether (sulfide) groups is 1. The minimum atomic E-state index is 0.652. The predicted molar refractivity (Wildman–Crippen MR) is 102 cm³/mol. The van der Waals surface area contributed by atoms with Crippen molar-refractivity contribution in [3.8, 4) is 17.1 Å². The molecule has 0 aliphatic carbocycles. The molecule has 4 aromatic rings. The van der Waals surface area contributed by atoms with Gasteiger partial charge in [-0.2, -0.15) is 0 Å². The quantitative estimate of drug-likeness (QED) is 0.476. The van der Waals surface area contributed by atoms with E-state index in [1.165, 1.54) is 5.56 Å². The summed E-state index contributed by atoms with van der Waals surface area (Å²) in [5.41, 5.74) is 4.17. The van der Waals surface area contributed by atoms with Crippen molar-refractivity contribution in [1.82, 2.24) is 19.7 Å². The second kappa shape index (κ2) is 7.17. The Kier molecular flexibility index (Phi) is 4.58. The number of hydrogen-bond acceptors (Lipinski definition) is 5. The average Bonchev–Trinajstić information content (AvgIpc) is 3.27. The second-order valence-electron chi connectivity index (χ2n) is 5.95. The van der Waals surface area contributed by atoms with Crippen LogP contribution in [0.2, 0.25) is 0 Å². The van der Waals surface area contributed by atoms with Gasteiger partial charge in [0, 0.05) is 11.3 Å². The third kappa shape index (κ3) is 3.28. The zero-order valence-corrected chi connectivity index (χ0v) is 15.4. The van der Waals surface area contributed by atoms with Crippen LogP contribution in [0.25, 0.3) is 17.1 Å². The van der Waals surface area contributed by atoms with Gasteiger partial charge in [-0.3, -0.25) is 4.57 Å². The molecule has 0 aliphatic heterocycles. The minimum absolute atomic E-state index is 0.652. The maximum atomic E-state index is 5.84. The third-order valence-corrected chi connectivity index (χ3v) is 5.10. The molecule has 130 valence electrons. The van der Waals surface area contributed by atoms with Crippen LogP contribution in [0.4, 0.5) is 0 Å². The molecule has 0 unspecified atom stereocenters. The van der Waals surface area contributed by atoms with E-state index in [1.54, 1.807) is 18.1 Å². The molecule has 0 spiro atoms. The summed E-state index contributed by atoms with van der Waals surface area (Å²) in [6.07, 6.45) is 1.75. The molecule has 2 aromatic heterocycles. The van der Waals surface area contributed by atoms with E-state index in [9.17, 15) is 0 Å². The molecule has 0 N–H and O–H groups in total. The van der Waals surface area contributed by atoms with Crippen LogP contribution in [0.15, 0.2) is 70.5 Å². The fraction of sp³-hybridized carbons (Fsp3) is 0.150. The molecule has 0 saturated heterocycles. The topological polar surface area (TPSA) is 56.7 Å². The Morgan fingerprint density at radius 2 is 1.77 bits per heavy atom. The summed E-state index contributed by atoms with van der Waals surface area (Å²) in [4.78, 5) is 4.65. The Hall–Kier alpha value is -2.86. The van der Waals surface area contributed by atoms with Crippen molar-refractivity contribution in [2.75, 3.05) is 0 Å². The maximum absolute atomic E-state index is 5.84. The van der Waals surface area contributed by atoms with Gasteiger partial charge in [0.05, 0.1) is 11.4 Å². The number of nitrogens with zero attached hydrogens (tertiary/aromatic N) is 4. The zero-order valence-electron chi connectivity index (χ0n) is 14.6. The minimum Gasteiger partial charge on any atom is -0.441 e. The van der Waals surface area contributed by atoms with Crippen LogP contribution in [0.3, 0.4) is 0 Å². The third-order valence-electron chi connectivity index (χ3n) is 4.14. The van der Waals surface area contributed by atoms with Crippen molar-refractivity contribution in [3.63, 3.8) is 0 Å². The molecule has 5 nitrogen and oxygen atoms in total. The van der Waals surface area contributed by atoms with Crippen molar-refractivity contribution in [2.24, 2.45) is 0 Å². The van der Waals surface area contributed by atoms with E-state index in [0.717, 1.165) is 27.9 Å². The maximum Gasteiger partial charge on any atom is 0.226 e. The number of para-hydroxylation sites is 1. The van der Waals surface area contributed by atoms with Gasteiger partial charge in [-0.05, 0) is 37.6 Å². The largest absolute Gasteiger partial charge is 0.441 e. The molecule has 6 heteroatoms. The highest BCUT2D eigenvalue weighted by atomic mass is 32.2. The van der Waals surface area contributed by atoms with Crippen LogP contribution in [-0.2, 0) is 5.75 Å². The van der Waals surface area contributed by atoms with Crippen LogP contribution in [0, 0.1) is 13.8 Å². The van der Waals surface area contributed by atoms with E-state index < -0.39 is 0 Å². The summed E-state index contributed by atoms with van der Waals surface area (Å²) >= 11 is 1.60. The lowest BCUT2D eigenvalue weighted by Gasteiger charge is -2.08. The van der Waals surface area contributed by atoms with E-state index in [-0.39, 0.29) is 0 Å². The fourth-order valence-electron chi connectivity index (χ4n) is 2.72. The standard InChI is InChI=1S/C20H18N4OS/c1-14-8-6-7-11-18(14)24-13-21-23-20(24)26-12-17-15(2)25-19(22-17)16-9-4-3-5-10-16/h3-11,13H,12H2,1-2H3. The summed E-state index contributed by atoms with van der Waals surface area (Å²) in [5, 5.41) is 9.17. The van der Waals surface area contributed by atoms with Gasteiger partial charge in [0.15, 0.2) is 5.16 Å². The molecule has 0 aliphatic rings. The van der Waals surface area contributed by atoms with E-state index >= 15 is 0 Å². The van der Waals surface area contributed by atoms with Crippen molar-refractivity contribution >= 4 is 11.8 Å². The van der Waals surface area contributed by atoms with Crippen molar-refractivity contribution in [2.45, 2.75) is 24.8 Å². The van der Waals surface area contributed by atoms with Crippen molar-refractivity contribution < 1.29 is 4.42 Å². The lowest BCUT2D eigenvalue weighted by Crippen LogP contribution is -1.98. The Labute approximate surface area is 156 Å².